The molecular weight excluding hydrogens is 302 g/mol. The number of halogens is 1. The van der Waals surface area contributed by atoms with E-state index in [1.165, 1.54) is 0 Å². The van der Waals surface area contributed by atoms with Gasteiger partial charge in [0, 0.05) is 16.7 Å². The Morgan fingerprint density at radius 3 is 2.74 bits per heavy atom. The van der Waals surface area contributed by atoms with Crippen molar-refractivity contribution < 1.29 is 0 Å². The summed E-state index contributed by atoms with van der Waals surface area (Å²) in [7, 11) is 0. The highest BCUT2D eigenvalue weighted by atomic mass is 79.9. The lowest BCUT2D eigenvalue weighted by atomic mass is 10.1. The number of benzene rings is 1. The molecule has 19 heavy (non-hydrogen) atoms. The molecular formula is C15H14BrN3. The van der Waals surface area contributed by atoms with Gasteiger partial charge in [-0.1, -0.05) is 34.1 Å². The van der Waals surface area contributed by atoms with Crippen LogP contribution >= 0.6 is 15.9 Å². The van der Waals surface area contributed by atoms with Gasteiger partial charge >= 0.3 is 0 Å². The van der Waals surface area contributed by atoms with Crippen molar-refractivity contribution in [2.45, 2.75) is 20.4 Å². The summed E-state index contributed by atoms with van der Waals surface area (Å²) in [5.74, 6) is 0. The molecule has 0 saturated carbocycles. The van der Waals surface area contributed by atoms with Crippen LogP contribution < -0.4 is 5.32 Å². The van der Waals surface area contributed by atoms with Crippen molar-refractivity contribution in [1.29, 1.82) is 5.26 Å². The molecule has 3 nitrogen and oxygen atoms in total. The Morgan fingerprint density at radius 1 is 1.32 bits per heavy atom. The van der Waals surface area contributed by atoms with Crippen molar-refractivity contribution in [3.05, 3.63) is 57.3 Å². The second kappa shape index (κ2) is 5.85. The van der Waals surface area contributed by atoms with E-state index < -0.39 is 0 Å². The van der Waals surface area contributed by atoms with Gasteiger partial charge in [0.05, 0.1) is 16.9 Å². The molecule has 0 saturated heterocycles. The molecule has 96 valence electrons. The number of hydrogen-bond donors (Lipinski definition) is 1. The van der Waals surface area contributed by atoms with Crippen LogP contribution in [0.2, 0.25) is 0 Å². The first-order valence-corrected chi connectivity index (χ1v) is 6.76. The zero-order valence-corrected chi connectivity index (χ0v) is 12.5. The number of anilines is 1. The second-order valence-corrected chi connectivity index (χ2v) is 5.18. The van der Waals surface area contributed by atoms with Gasteiger partial charge in [0.2, 0.25) is 0 Å². The number of nitriles is 1. The van der Waals surface area contributed by atoms with E-state index in [1.807, 2.05) is 44.2 Å². The van der Waals surface area contributed by atoms with Crippen molar-refractivity contribution in [2.24, 2.45) is 0 Å². The van der Waals surface area contributed by atoms with E-state index in [9.17, 15) is 5.26 Å². The highest BCUT2D eigenvalue weighted by molar-refractivity contribution is 9.10. The third-order valence-electron chi connectivity index (χ3n) is 2.87. The molecule has 0 spiro atoms. The highest BCUT2D eigenvalue weighted by Gasteiger charge is 2.08. The molecule has 1 N–H and O–H groups in total. The van der Waals surface area contributed by atoms with Crippen molar-refractivity contribution in [2.75, 3.05) is 5.32 Å². The number of hydrogen-bond acceptors (Lipinski definition) is 3. The van der Waals surface area contributed by atoms with Crippen LogP contribution in [-0.4, -0.2) is 4.98 Å². The quantitative estimate of drug-likeness (QED) is 0.933. The third-order valence-corrected chi connectivity index (χ3v) is 3.64. The molecule has 0 radical (unpaired) electrons. The Bertz CT molecular complexity index is 644. The van der Waals surface area contributed by atoms with Crippen LogP contribution in [0.15, 0.2) is 34.8 Å². The van der Waals surface area contributed by atoms with E-state index in [0.29, 0.717) is 12.1 Å². The summed E-state index contributed by atoms with van der Waals surface area (Å²) in [6.07, 6.45) is 0. The molecule has 1 aromatic carbocycles. The average molecular weight is 316 g/mol. The monoisotopic (exact) mass is 315 g/mol. The molecule has 1 aromatic heterocycles. The normalized spacial score (nSPS) is 10.0. The Hall–Kier alpha value is -1.86. The predicted octanol–water partition coefficient (Wildman–Crippen LogP) is 3.94. The first-order chi connectivity index (χ1) is 9.11. The lowest BCUT2D eigenvalue weighted by molar-refractivity contribution is 1.08. The minimum absolute atomic E-state index is 0.609. The van der Waals surface area contributed by atoms with Gasteiger partial charge in [-0.15, -0.1) is 0 Å². The Balaban J connectivity index is 2.25. The zero-order chi connectivity index (χ0) is 13.8. The second-order valence-electron chi connectivity index (χ2n) is 4.33. The number of nitrogens with one attached hydrogen (secondary N) is 1. The molecule has 0 amide bonds. The molecule has 0 atom stereocenters. The number of aryl methyl sites for hydroxylation is 2. The fourth-order valence-corrected chi connectivity index (χ4v) is 2.37. The van der Waals surface area contributed by atoms with Gasteiger partial charge in [-0.2, -0.15) is 5.26 Å². The summed E-state index contributed by atoms with van der Waals surface area (Å²) < 4.78 is 1.06. The Labute approximate surface area is 121 Å². The van der Waals surface area contributed by atoms with Gasteiger partial charge in [0.15, 0.2) is 0 Å². The lowest BCUT2D eigenvalue weighted by Gasteiger charge is -2.11. The van der Waals surface area contributed by atoms with Crippen LogP contribution in [0, 0.1) is 25.2 Å². The Kier molecular flexibility index (Phi) is 4.18. The fraction of sp³-hybridized carbons (Fsp3) is 0.200. The van der Waals surface area contributed by atoms with Gasteiger partial charge in [0.1, 0.15) is 6.07 Å². The van der Waals surface area contributed by atoms with E-state index in [1.54, 1.807) is 0 Å². The molecule has 0 bridgehead atoms. The van der Waals surface area contributed by atoms with Crippen molar-refractivity contribution in [1.82, 2.24) is 4.98 Å². The standard InChI is InChI=1S/C15H14BrN3/c1-10-7-15(13(8-17)11(2)19-10)18-9-12-5-3-4-6-14(12)16/h3-7H,9H2,1-2H3,(H,18,19). The predicted molar refractivity (Wildman–Crippen MR) is 79.9 cm³/mol. The van der Waals surface area contributed by atoms with Crippen LogP contribution in [0.3, 0.4) is 0 Å². The van der Waals surface area contributed by atoms with E-state index in [0.717, 1.165) is 27.1 Å². The largest absolute Gasteiger partial charge is 0.380 e. The fourth-order valence-electron chi connectivity index (χ4n) is 1.94. The van der Waals surface area contributed by atoms with Gasteiger partial charge in [0.25, 0.3) is 0 Å². The van der Waals surface area contributed by atoms with E-state index in [2.05, 4.69) is 32.3 Å². The molecule has 0 aliphatic carbocycles. The molecule has 0 fully saturated rings. The highest BCUT2D eigenvalue weighted by Crippen LogP contribution is 2.21. The van der Waals surface area contributed by atoms with Crippen molar-refractivity contribution >= 4 is 21.6 Å². The summed E-state index contributed by atoms with van der Waals surface area (Å²) >= 11 is 3.52. The number of pyridine rings is 1. The molecule has 0 aliphatic heterocycles. The molecule has 4 heteroatoms. The maximum atomic E-state index is 9.20. The minimum Gasteiger partial charge on any atom is -0.380 e. The summed E-state index contributed by atoms with van der Waals surface area (Å²) in [5.41, 5.74) is 4.27. The third kappa shape index (κ3) is 3.12. The maximum absolute atomic E-state index is 9.20. The number of rotatable bonds is 3. The van der Waals surface area contributed by atoms with Gasteiger partial charge < -0.3 is 5.32 Å². The minimum atomic E-state index is 0.609. The first kappa shape index (κ1) is 13.6. The topological polar surface area (TPSA) is 48.7 Å². The molecule has 0 aliphatic rings. The van der Waals surface area contributed by atoms with Gasteiger partial charge in [-0.05, 0) is 31.5 Å². The summed E-state index contributed by atoms with van der Waals surface area (Å²) in [6.45, 7) is 4.45. The van der Waals surface area contributed by atoms with Crippen LogP contribution in [0.1, 0.15) is 22.5 Å². The maximum Gasteiger partial charge on any atom is 0.103 e. The van der Waals surface area contributed by atoms with Crippen LogP contribution in [0.5, 0.6) is 0 Å². The van der Waals surface area contributed by atoms with Gasteiger partial charge in [-0.3, -0.25) is 4.98 Å². The first-order valence-electron chi connectivity index (χ1n) is 5.97. The van der Waals surface area contributed by atoms with Crippen LogP contribution in [0.4, 0.5) is 5.69 Å². The van der Waals surface area contributed by atoms with E-state index >= 15 is 0 Å². The zero-order valence-electron chi connectivity index (χ0n) is 10.9. The molecule has 2 rings (SSSR count). The van der Waals surface area contributed by atoms with Crippen LogP contribution in [0.25, 0.3) is 0 Å². The lowest BCUT2D eigenvalue weighted by Crippen LogP contribution is -2.04. The number of aromatic nitrogens is 1. The summed E-state index contributed by atoms with van der Waals surface area (Å²) in [4.78, 5) is 4.31. The molecule has 2 aromatic rings. The average Bonchev–Trinajstić information content (AvgIpc) is 2.37. The van der Waals surface area contributed by atoms with E-state index in [-0.39, 0.29) is 0 Å². The van der Waals surface area contributed by atoms with Crippen molar-refractivity contribution in [3.63, 3.8) is 0 Å². The summed E-state index contributed by atoms with van der Waals surface area (Å²) in [6, 6.07) is 12.1. The molecule has 1 heterocycles. The summed E-state index contributed by atoms with van der Waals surface area (Å²) in [5, 5.41) is 12.5. The van der Waals surface area contributed by atoms with Crippen molar-refractivity contribution in [3.8, 4) is 6.07 Å². The number of nitrogens with zero attached hydrogens (tertiary/aromatic N) is 2. The van der Waals surface area contributed by atoms with E-state index in [4.69, 9.17) is 0 Å². The molecule has 0 unspecified atom stereocenters. The Morgan fingerprint density at radius 2 is 2.05 bits per heavy atom. The SMILES string of the molecule is Cc1cc(NCc2ccccc2Br)c(C#N)c(C)n1. The van der Waals surface area contributed by atoms with Crippen LogP contribution in [-0.2, 0) is 6.54 Å². The van der Waals surface area contributed by atoms with Gasteiger partial charge in [-0.25, -0.2) is 0 Å². The smallest absolute Gasteiger partial charge is 0.103 e.